The number of carbonyl (C=O) groups is 1. The van der Waals surface area contributed by atoms with Crippen molar-refractivity contribution >= 4 is 18.7 Å². The minimum atomic E-state index is 0. The molecule has 0 aliphatic heterocycles. The van der Waals surface area contributed by atoms with Gasteiger partial charge < -0.3 is 24.3 Å². The first-order valence-electron chi connectivity index (χ1n) is 8.17. The molecule has 0 amide bonds. The van der Waals surface area contributed by atoms with Crippen LogP contribution < -0.4 is 19.5 Å². The van der Waals surface area contributed by atoms with Crippen LogP contribution in [0.1, 0.15) is 12.0 Å². The van der Waals surface area contributed by atoms with Crippen molar-refractivity contribution in [1.29, 1.82) is 0 Å². The van der Waals surface area contributed by atoms with Gasteiger partial charge in [0, 0.05) is 12.5 Å². The van der Waals surface area contributed by atoms with Gasteiger partial charge in [-0.25, -0.2) is 0 Å². The Bertz CT molecular complexity index is 696. The zero-order valence-corrected chi connectivity index (χ0v) is 16.4. The van der Waals surface area contributed by atoms with Crippen molar-refractivity contribution in [3.8, 4) is 28.4 Å². The van der Waals surface area contributed by atoms with Crippen molar-refractivity contribution in [3.63, 3.8) is 0 Å². The summed E-state index contributed by atoms with van der Waals surface area (Å²) in [4.78, 5) is 10.9. The van der Waals surface area contributed by atoms with E-state index in [1.165, 1.54) is 0 Å². The predicted octanol–water partition coefficient (Wildman–Crippen LogP) is 3.52. The van der Waals surface area contributed by atoms with Crippen LogP contribution >= 0.6 is 12.4 Å². The monoisotopic (exact) mass is 379 g/mol. The molecule has 5 nitrogen and oxygen atoms in total. The summed E-state index contributed by atoms with van der Waals surface area (Å²) in [6, 6.07) is 12.1. The van der Waals surface area contributed by atoms with E-state index in [0.29, 0.717) is 23.7 Å². The van der Waals surface area contributed by atoms with Crippen molar-refractivity contribution in [1.82, 2.24) is 5.32 Å². The van der Waals surface area contributed by atoms with E-state index >= 15 is 0 Å². The van der Waals surface area contributed by atoms with E-state index in [1.54, 1.807) is 21.3 Å². The molecule has 0 saturated carbocycles. The lowest BCUT2D eigenvalue weighted by atomic mass is 9.94. The van der Waals surface area contributed by atoms with E-state index in [9.17, 15) is 4.79 Å². The van der Waals surface area contributed by atoms with Gasteiger partial charge in [0.1, 0.15) is 6.29 Å². The van der Waals surface area contributed by atoms with Crippen LogP contribution in [0.2, 0.25) is 0 Å². The van der Waals surface area contributed by atoms with Gasteiger partial charge in [-0.1, -0.05) is 24.3 Å². The van der Waals surface area contributed by atoms with Crippen LogP contribution in [0.5, 0.6) is 17.2 Å². The number of hydrogen-bond acceptors (Lipinski definition) is 5. The van der Waals surface area contributed by atoms with Gasteiger partial charge in [0.25, 0.3) is 0 Å². The molecule has 0 aromatic heterocycles. The average Bonchev–Trinajstić information content (AvgIpc) is 2.66. The second-order valence-electron chi connectivity index (χ2n) is 5.66. The minimum absolute atomic E-state index is 0. The van der Waals surface area contributed by atoms with Gasteiger partial charge in [-0.05, 0) is 42.3 Å². The number of rotatable bonds is 9. The molecule has 0 spiro atoms. The molecule has 6 heteroatoms. The smallest absolute Gasteiger partial charge is 0.203 e. The second-order valence-corrected chi connectivity index (χ2v) is 5.66. The zero-order chi connectivity index (χ0) is 18.2. The number of carbonyl (C=O) groups excluding carboxylic acids is 1. The summed E-state index contributed by atoms with van der Waals surface area (Å²) in [6.07, 6.45) is 2.17. The van der Waals surface area contributed by atoms with E-state index in [0.717, 1.165) is 29.4 Å². The number of methoxy groups -OCH3 is 3. The molecule has 2 rings (SSSR count). The normalized spacial score (nSPS) is 11.2. The van der Waals surface area contributed by atoms with E-state index < -0.39 is 0 Å². The van der Waals surface area contributed by atoms with Gasteiger partial charge in [0.2, 0.25) is 5.75 Å². The maximum Gasteiger partial charge on any atom is 0.203 e. The summed E-state index contributed by atoms with van der Waals surface area (Å²) in [5, 5.41) is 3.19. The average molecular weight is 380 g/mol. The fourth-order valence-electron chi connectivity index (χ4n) is 2.90. The summed E-state index contributed by atoms with van der Waals surface area (Å²) in [7, 11) is 6.67. The van der Waals surface area contributed by atoms with Gasteiger partial charge >= 0.3 is 0 Å². The Kier molecular flexibility index (Phi) is 8.96. The minimum Gasteiger partial charge on any atom is -0.493 e. The molecular weight excluding hydrogens is 354 g/mol. The highest BCUT2D eigenvalue weighted by Crippen LogP contribution is 2.41. The van der Waals surface area contributed by atoms with Crippen molar-refractivity contribution in [3.05, 3.63) is 42.0 Å². The third-order valence-corrected chi connectivity index (χ3v) is 4.25. The van der Waals surface area contributed by atoms with Crippen LogP contribution in [0.3, 0.4) is 0 Å². The fourth-order valence-corrected chi connectivity index (χ4v) is 2.90. The summed E-state index contributed by atoms with van der Waals surface area (Å²) in [5.41, 5.74) is 3.21. The number of benzene rings is 2. The molecule has 2 aromatic rings. The van der Waals surface area contributed by atoms with Crippen molar-refractivity contribution < 1.29 is 19.0 Å². The lowest BCUT2D eigenvalue weighted by molar-refractivity contribution is -0.108. The molecule has 0 aliphatic rings. The SMILES string of the molecule is CNC(CC=O)Cc1ccccc1-c1cc(OC)c(OC)c(OC)c1.Cl. The molecule has 26 heavy (non-hydrogen) atoms. The molecule has 0 aliphatic carbocycles. The zero-order valence-electron chi connectivity index (χ0n) is 15.6. The Balaban J connectivity index is 0.00000338. The maximum atomic E-state index is 10.9. The third kappa shape index (κ3) is 4.90. The fraction of sp³-hybridized carbons (Fsp3) is 0.350. The first-order chi connectivity index (χ1) is 12.2. The van der Waals surface area contributed by atoms with Gasteiger partial charge in [-0.15, -0.1) is 12.4 Å². The van der Waals surface area contributed by atoms with Crippen LogP contribution in [0, 0.1) is 0 Å². The Morgan fingerprint density at radius 1 is 1.04 bits per heavy atom. The summed E-state index contributed by atoms with van der Waals surface area (Å²) in [6.45, 7) is 0. The van der Waals surface area contributed by atoms with Crippen LogP contribution in [0.25, 0.3) is 11.1 Å². The number of nitrogens with one attached hydrogen (secondary N) is 1. The topological polar surface area (TPSA) is 56.8 Å². The number of likely N-dealkylation sites (N-methyl/N-ethyl adjacent to an activating group) is 1. The standard InChI is InChI=1S/C20H25NO4.ClH/c1-21-16(9-10-22)11-14-7-5-6-8-17(14)15-12-18(23-2)20(25-4)19(13-15)24-3;/h5-8,10,12-13,16,21H,9,11H2,1-4H3;1H. The van der Waals surface area contributed by atoms with Crippen molar-refractivity contribution in [2.24, 2.45) is 0 Å². The highest BCUT2D eigenvalue weighted by Gasteiger charge is 2.17. The molecular formula is C20H26ClNO4. The molecule has 0 radical (unpaired) electrons. The Morgan fingerprint density at radius 3 is 2.15 bits per heavy atom. The number of hydrogen-bond donors (Lipinski definition) is 1. The lowest BCUT2D eigenvalue weighted by Crippen LogP contribution is -2.28. The van der Waals surface area contributed by atoms with E-state index in [2.05, 4.69) is 17.4 Å². The summed E-state index contributed by atoms with van der Waals surface area (Å²) in [5.74, 6) is 1.80. The van der Waals surface area contributed by atoms with Crippen LogP contribution in [0.15, 0.2) is 36.4 Å². The van der Waals surface area contributed by atoms with E-state index in [4.69, 9.17) is 14.2 Å². The quantitative estimate of drug-likeness (QED) is 0.675. The first-order valence-corrected chi connectivity index (χ1v) is 8.17. The van der Waals surface area contributed by atoms with E-state index in [1.807, 2.05) is 31.3 Å². The van der Waals surface area contributed by atoms with Crippen LogP contribution in [0.4, 0.5) is 0 Å². The molecule has 1 atom stereocenters. The molecule has 2 aromatic carbocycles. The van der Waals surface area contributed by atoms with Gasteiger partial charge in [-0.2, -0.15) is 0 Å². The molecule has 0 fully saturated rings. The van der Waals surface area contributed by atoms with Crippen LogP contribution in [-0.2, 0) is 11.2 Å². The highest BCUT2D eigenvalue weighted by molar-refractivity contribution is 5.85. The summed E-state index contributed by atoms with van der Waals surface area (Å²) < 4.78 is 16.3. The van der Waals surface area contributed by atoms with Gasteiger partial charge in [0.05, 0.1) is 21.3 Å². The molecule has 1 N–H and O–H groups in total. The molecule has 0 heterocycles. The number of halogens is 1. The largest absolute Gasteiger partial charge is 0.493 e. The van der Waals surface area contributed by atoms with Gasteiger partial charge in [0.15, 0.2) is 11.5 Å². The lowest BCUT2D eigenvalue weighted by Gasteiger charge is -2.18. The van der Waals surface area contributed by atoms with E-state index in [-0.39, 0.29) is 18.4 Å². The Hall–Kier alpha value is -2.24. The first kappa shape index (κ1) is 21.8. The number of aldehydes is 1. The molecule has 142 valence electrons. The van der Waals surface area contributed by atoms with Crippen LogP contribution in [-0.4, -0.2) is 40.7 Å². The molecule has 0 saturated heterocycles. The van der Waals surface area contributed by atoms with Crippen molar-refractivity contribution in [2.75, 3.05) is 28.4 Å². The Morgan fingerprint density at radius 2 is 1.65 bits per heavy atom. The van der Waals surface area contributed by atoms with Gasteiger partial charge in [-0.3, -0.25) is 0 Å². The molecule has 1 unspecified atom stereocenters. The van der Waals surface area contributed by atoms with Crippen molar-refractivity contribution in [2.45, 2.75) is 18.9 Å². The predicted molar refractivity (Wildman–Crippen MR) is 106 cm³/mol. The number of ether oxygens (including phenoxy) is 3. The summed E-state index contributed by atoms with van der Waals surface area (Å²) >= 11 is 0. The highest BCUT2D eigenvalue weighted by atomic mass is 35.5. The third-order valence-electron chi connectivity index (χ3n) is 4.25. The second kappa shape index (κ2) is 10.7. The molecule has 0 bridgehead atoms. The Labute approximate surface area is 161 Å². The maximum absolute atomic E-state index is 10.9.